The first-order valence-electron chi connectivity index (χ1n) is 5.48. The van der Waals surface area contributed by atoms with Crippen molar-refractivity contribution in [3.8, 4) is 0 Å². The molecule has 0 fully saturated rings. The van der Waals surface area contributed by atoms with Gasteiger partial charge in [0.2, 0.25) is 0 Å². The number of halogens is 2. The quantitative estimate of drug-likeness (QED) is 0.436. The zero-order valence-electron chi connectivity index (χ0n) is 10.1. The Hall–Kier alpha value is -1.83. The van der Waals surface area contributed by atoms with Crippen molar-refractivity contribution in [1.29, 1.82) is 0 Å². The van der Waals surface area contributed by atoms with Crippen LogP contribution in [0.4, 0.5) is 22.7 Å². The van der Waals surface area contributed by atoms with E-state index in [0.717, 1.165) is 0 Å². The van der Waals surface area contributed by atoms with E-state index >= 15 is 0 Å². The molecule has 4 N–H and O–H groups in total. The summed E-state index contributed by atoms with van der Waals surface area (Å²) in [6, 6.07) is 9.71. The molecule has 0 spiro atoms. The summed E-state index contributed by atoms with van der Waals surface area (Å²) in [6.45, 7) is 0. The van der Waals surface area contributed by atoms with Gasteiger partial charge < -0.3 is 10.7 Å². The fourth-order valence-electron chi connectivity index (χ4n) is 1.63. The standard InChI is InChI=1S/C12H10BrClN4O2/c13-12-10(14)2-1-3-11(12)16-7-4-8(17-15)6-9(5-7)18(19)20/h1-6,16-17H,15H2. The number of hydrazine groups is 1. The Bertz CT molecular complexity index is 666. The van der Waals surface area contributed by atoms with E-state index in [2.05, 4.69) is 26.7 Å². The van der Waals surface area contributed by atoms with Gasteiger partial charge >= 0.3 is 0 Å². The molecule has 0 radical (unpaired) electrons. The van der Waals surface area contributed by atoms with E-state index in [1.807, 2.05) is 0 Å². The second-order valence-electron chi connectivity index (χ2n) is 3.90. The molecule has 2 aromatic carbocycles. The van der Waals surface area contributed by atoms with Crippen molar-refractivity contribution in [3.63, 3.8) is 0 Å². The van der Waals surface area contributed by atoms with E-state index in [1.54, 1.807) is 24.3 Å². The van der Waals surface area contributed by atoms with Gasteiger partial charge in [-0.15, -0.1) is 0 Å². The predicted molar refractivity (Wildman–Crippen MR) is 83.3 cm³/mol. The van der Waals surface area contributed by atoms with Crippen LogP contribution in [0.2, 0.25) is 5.02 Å². The van der Waals surface area contributed by atoms with Gasteiger partial charge in [-0.25, -0.2) is 0 Å². The monoisotopic (exact) mass is 356 g/mol. The first-order valence-corrected chi connectivity index (χ1v) is 6.65. The van der Waals surface area contributed by atoms with Crippen LogP contribution < -0.4 is 16.6 Å². The van der Waals surface area contributed by atoms with Gasteiger partial charge in [0.05, 0.1) is 25.8 Å². The molecule has 0 bridgehead atoms. The van der Waals surface area contributed by atoms with Crippen molar-refractivity contribution >= 4 is 50.3 Å². The molecule has 2 rings (SSSR count). The highest BCUT2D eigenvalue weighted by Crippen LogP contribution is 2.33. The number of nitrogens with one attached hydrogen (secondary N) is 2. The lowest BCUT2D eigenvalue weighted by atomic mass is 10.2. The Morgan fingerprint density at radius 3 is 2.60 bits per heavy atom. The van der Waals surface area contributed by atoms with Crippen molar-refractivity contribution in [3.05, 3.63) is 56.0 Å². The summed E-state index contributed by atoms with van der Waals surface area (Å²) in [7, 11) is 0. The first-order chi connectivity index (χ1) is 9.51. The molecule has 0 aromatic heterocycles. The van der Waals surface area contributed by atoms with E-state index in [-0.39, 0.29) is 5.69 Å². The summed E-state index contributed by atoms with van der Waals surface area (Å²) in [6.07, 6.45) is 0. The number of nitro groups is 1. The van der Waals surface area contributed by atoms with E-state index in [4.69, 9.17) is 17.4 Å². The first kappa shape index (κ1) is 14.6. The molecule has 0 unspecified atom stereocenters. The molecule has 0 aliphatic rings. The van der Waals surface area contributed by atoms with Gasteiger partial charge in [-0.05, 0) is 34.1 Å². The average Bonchev–Trinajstić information content (AvgIpc) is 2.43. The zero-order valence-corrected chi connectivity index (χ0v) is 12.4. The highest BCUT2D eigenvalue weighted by atomic mass is 79.9. The molecule has 0 heterocycles. The van der Waals surface area contributed by atoms with Gasteiger partial charge in [0.25, 0.3) is 5.69 Å². The molecule has 2 aromatic rings. The third kappa shape index (κ3) is 3.19. The largest absolute Gasteiger partial charge is 0.354 e. The minimum absolute atomic E-state index is 0.0684. The molecule has 20 heavy (non-hydrogen) atoms. The smallest absolute Gasteiger partial charge is 0.273 e. The molecule has 0 saturated heterocycles. The SMILES string of the molecule is NNc1cc(Nc2cccc(Cl)c2Br)cc([N+](=O)[O-])c1. The molecule has 0 aliphatic heterocycles. The number of anilines is 3. The van der Waals surface area contributed by atoms with E-state index in [1.165, 1.54) is 12.1 Å². The number of hydrogen-bond donors (Lipinski definition) is 3. The van der Waals surface area contributed by atoms with Crippen LogP contribution in [0, 0.1) is 10.1 Å². The molecule has 104 valence electrons. The summed E-state index contributed by atoms with van der Waals surface area (Å²) in [4.78, 5) is 10.4. The molecule has 6 nitrogen and oxygen atoms in total. The van der Waals surface area contributed by atoms with Gasteiger partial charge in [-0.1, -0.05) is 17.7 Å². The van der Waals surface area contributed by atoms with Crippen molar-refractivity contribution in [1.82, 2.24) is 0 Å². The molecule has 8 heteroatoms. The number of nitrogens with two attached hydrogens (primary N) is 1. The second-order valence-corrected chi connectivity index (χ2v) is 5.10. The lowest BCUT2D eigenvalue weighted by Gasteiger charge is -2.11. The summed E-state index contributed by atoms with van der Waals surface area (Å²) >= 11 is 9.34. The maximum absolute atomic E-state index is 10.9. The van der Waals surface area contributed by atoms with Crippen molar-refractivity contribution in [2.45, 2.75) is 0 Å². The van der Waals surface area contributed by atoms with Crippen LogP contribution in [0.25, 0.3) is 0 Å². The number of rotatable bonds is 4. The molecule has 0 atom stereocenters. The van der Waals surface area contributed by atoms with E-state index in [0.29, 0.717) is 26.6 Å². The minimum atomic E-state index is -0.487. The van der Waals surface area contributed by atoms with Crippen molar-refractivity contribution < 1.29 is 4.92 Å². The van der Waals surface area contributed by atoms with Gasteiger partial charge in [0, 0.05) is 17.8 Å². The summed E-state index contributed by atoms with van der Waals surface area (Å²) < 4.78 is 0.676. The Kier molecular flexibility index (Phi) is 4.43. The van der Waals surface area contributed by atoms with E-state index < -0.39 is 4.92 Å². The number of nitro benzene ring substituents is 1. The summed E-state index contributed by atoms with van der Waals surface area (Å²) in [5, 5.41) is 14.5. The summed E-state index contributed by atoms with van der Waals surface area (Å²) in [5.41, 5.74) is 3.97. The Morgan fingerprint density at radius 1 is 1.25 bits per heavy atom. The fourth-order valence-corrected chi connectivity index (χ4v) is 2.17. The maximum Gasteiger partial charge on any atom is 0.273 e. The van der Waals surface area contributed by atoms with Crippen LogP contribution in [-0.4, -0.2) is 4.92 Å². The third-order valence-electron chi connectivity index (χ3n) is 2.53. The molecule has 0 amide bonds. The number of non-ortho nitro benzene ring substituents is 1. The van der Waals surface area contributed by atoms with Gasteiger partial charge in [-0.2, -0.15) is 0 Å². The van der Waals surface area contributed by atoms with Crippen LogP contribution in [0.15, 0.2) is 40.9 Å². The zero-order chi connectivity index (χ0) is 14.7. The Balaban J connectivity index is 2.40. The van der Waals surface area contributed by atoms with Crippen molar-refractivity contribution in [2.24, 2.45) is 5.84 Å². The lowest BCUT2D eigenvalue weighted by molar-refractivity contribution is -0.384. The number of nitrogens with zero attached hydrogens (tertiary/aromatic N) is 1. The Labute approximate surface area is 128 Å². The van der Waals surface area contributed by atoms with Gasteiger partial charge in [0.1, 0.15) is 0 Å². The average molecular weight is 358 g/mol. The normalized spacial score (nSPS) is 10.2. The summed E-state index contributed by atoms with van der Waals surface area (Å²) in [5.74, 6) is 5.30. The molecule has 0 saturated carbocycles. The van der Waals surface area contributed by atoms with Crippen LogP contribution in [0.3, 0.4) is 0 Å². The van der Waals surface area contributed by atoms with Gasteiger partial charge in [0.15, 0.2) is 0 Å². The van der Waals surface area contributed by atoms with Gasteiger partial charge in [-0.3, -0.25) is 16.0 Å². The predicted octanol–water partition coefficient (Wildman–Crippen LogP) is 4.04. The molecule has 0 aliphatic carbocycles. The third-order valence-corrected chi connectivity index (χ3v) is 3.92. The maximum atomic E-state index is 10.9. The second kappa shape index (κ2) is 6.08. The number of nitrogen functional groups attached to an aromatic ring is 1. The highest BCUT2D eigenvalue weighted by Gasteiger charge is 2.11. The van der Waals surface area contributed by atoms with E-state index in [9.17, 15) is 10.1 Å². The highest BCUT2D eigenvalue weighted by molar-refractivity contribution is 9.10. The van der Waals surface area contributed by atoms with Crippen LogP contribution in [0.5, 0.6) is 0 Å². The van der Waals surface area contributed by atoms with Crippen LogP contribution in [0.1, 0.15) is 0 Å². The number of benzene rings is 2. The van der Waals surface area contributed by atoms with Crippen LogP contribution in [-0.2, 0) is 0 Å². The Morgan fingerprint density at radius 2 is 1.95 bits per heavy atom. The van der Waals surface area contributed by atoms with Crippen molar-refractivity contribution in [2.75, 3.05) is 10.7 Å². The number of hydrogen-bond acceptors (Lipinski definition) is 5. The minimum Gasteiger partial charge on any atom is -0.354 e. The lowest BCUT2D eigenvalue weighted by Crippen LogP contribution is -2.07. The van der Waals surface area contributed by atoms with Crippen LogP contribution >= 0.6 is 27.5 Å². The molecular weight excluding hydrogens is 348 g/mol. The fraction of sp³-hybridized carbons (Fsp3) is 0. The topological polar surface area (TPSA) is 93.2 Å². The molecular formula is C12H10BrClN4O2.